The van der Waals surface area contributed by atoms with E-state index >= 15 is 0 Å². The number of benzene rings is 2. The fraction of sp³-hybridized carbons (Fsp3) is 0.133. The van der Waals surface area contributed by atoms with Crippen LogP contribution in [0.5, 0.6) is 0 Å². The molecule has 0 spiro atoms. The van der Waals surface area contributed by atoms with Crippen LogP contribution in [0.25, 0.3) is 0 Å². The number of hydrogen-bond donors (Lipinski definition) is 0. The van der Waals surface area contributed by atoms with Gasteiger partial charge in [-0.05, 0) is 12.1 Å². The molecule has 2 aromatic carbocycles. The molecule has 0 N–H and O–H groups in total. The summed E-state index contributed by atoms with van der Waals surface area (Å²) in [5.41, 5.74) is 2.66. The van der Waals surface area contributed by atoms with Gasteiger partial charge in [0.1, 0.15) is 0 Å². The molecule has 1 heterocycles. The zero-order valence-corrected chi connectivity index (χ0v) is 13.4. The Bertz CT molecular complexity index is 429. The van der Waals surface area contributed by atoms with Crippen LogP contribution in [0.4, 0.5) is 5.69 Å². The van der Waals surface area contributed by atoms with Crippen molar-refractivity contribution in [2.75, 3.05) is 4.90 Å². The fourth-order valence-electron chi connectivity index (χ4n) is 2.26. The second-order valence-electron chi connectivity index (χ2n) is 4.16. The number of hydrogen-bond acceptors (Lipinski definition) is 1. The third kappa shape index (κ3) is 2.90. The number of rotatable bonds is 2. The molecule has 0 amide bonds. The number of halogens is 1. The molecule has 0 aromatic heterocycles. The van der Waals surface area contributed by atoms with Crippen LogP contribution in [0, 0.1) is 6.04 Å². The van der Waals surface area contributed by atoms with Crippen molar-refractivity contribution in [1.29, 1.82) is 0 Å². The van der Waals surface area contributed by atoms with Crippen LogP contribution < -0.4 is 21.9 Å². The Labute approximate surface area is 135 Å². The van der Waals surface area contributed by atoms with E-state index < -0.39 is 0 Å². The predicted molar refractivity (Wildman–Crippen MR) is 72.8 cm³/mol. The molecular weight excluding hydrogens is 298 g/mol. The van der Waals surface area contributed by atoms with E-state index in [4.69, 9.17) is 0 Å². The van der Waals surface area contributed by atoms with E-state index in [0.717, 1.165) is 0 Å². The zero-order chi connectivity index (χ0) is 11.0. The van der Waals surface area contributed by atoms with Crippen molar-refractivity contribution in [3.8, 4) is 0 Å². The number of nitrogens with zero attached hydrogens (tertiary/aromatic N) is 1. The maximum absolute atomic E-state index is 2.37. The summed E-state index contributed by atoms with van der Waals surface area (Å²) in [7, 11) is 0. The Kier molecular flexibility index (Phi) is 5.69. The van der Waals surface area contributed by atoms with Crippen molar-refractivity contribution in [1.82, 2.24) is 0 Å². The van der Waals surface area contributed by atoms with Gasteiger partial charge in [0.25, 0.3) is 0 Å². The quantitative estimate of drug-likeness (QED) is 0.441. The minimum atomic E-state index is 0. The molecular formula is C15H14BrMgN. The summed E-state index contributed by atoms with van der Waals surface area (Å²) >= 11 is 0. The molecule has 2 aromatic rings. The second kappa shape index (κ2) is 6.59. The maximum Gasteiger partial charge on any atom is 2.00 e. The van der Waals surface area contributed by atoms with E-state index in [0.29, 0.717) is 6.04 Å². The first-order valence-electron chi connectivity index (χ1n) is 5.60. The van der Waals surface area contributed by atoms with Crippen LogP contribution in [0.2, 0.25) is 0 Å². The Hall–Kier alpha value is -0.514. The van der Waals surface area contributed by atoms with Crippen LogP contribution in [-0.4, -0.2) is 23.1 Å². The summed E-state index contributed by atoms with van der Waals surface area (Å²) in [6.07, 6.45) is 0. The average Bonchev–Trinajstić information content (AvgIpc) is 3.03. The molecule has 18 heavy (non-hydrogen) atoms. The van der Waals surface area contributed by atoms with Gasteiger partial charge in [-0.15, -0.1) is 0 Å². The SMILES string of the molecule is C[C-]1[C@@H](c2ccccc2)N1c1ccccc1.[Br-].[Mg+2]. The third-order valence-electron chi connectivity index (χ3n) is 3.12. The molecule has 1 aliphatic rings. The van der Waals surface area contributed by atoms with Crippen LogP contribution in [0.15, 0.2) is 60.7 Å². The van der Waals surface area contributed by atoms with Crippen molar-refractivity contribution in [2.45, 2.75) is 13.0 Å². The zero-order valence-electron chi connectivity index (χ0n) is 10.4. The van der Waals surface area contributed by atoms with Crippen LogP contribution >= 0.6 is 0 Å². The number of anilines is 1. The molecule has 0 saturated carbocycles. The van der Waals surface area contributed by atoms with E-state index in [9.17, 15) is 0 Å². The second-order valence-corrected chi connectivity index (χ2v) is 4.16. The molecule has 1 nitrogen and oxygen atoms in total. The predicted octanol–water partition coefficient (Wildman–Crippen LogP) is 0.423. The largest absolute Gasteiger partial charge is 2.00 e. The maximum atomic E-state index is 2.37. The van der Waals surface area contributed by atoms with Gasteiger partial charge >= 0.3 is 23.1 Å². The van der Waals surface area contributed by atoms with Crippen molar-refractivity contribution in [3.63, 3.8) is 0 Å². The molecule has 0 radical (unpaired) electrons. The first-order chi connectivity index (χ1) is 7.88. The Morgan fingerprint density at radius 3 is 1.94 bits per heavy atom. The van der Waals surface area contributed by atoms with E-state index in [2.05, 4.69) is 72.5 Å². The van der Waals surface area contributed by atoms with Gasteiger partial charge in [-0.25, -0.2) is 6.04 Å². The van der Waals surface area contributed by atoms with Gasteiger partial charge in [0.2, 0.25) is 0 Å². The summed E-state index contributed by atoms with van der Waals surface area (Å²) in [5.74, 6) is 0. The Balaban J connectivity index is 0.000000810. The van der Waals surface area contributed by atoms with Crippen LogP contribution in [0.1, 0.15) is 18.5 Å². The number of para-hydroxylation sites is 1. The van der Waals surface area contributed by atoms with Gasteiger partial charge in [0.05, 0.1) is 0 Å². The van der Waals surface area contributed by atoms with Crippen LogP contribution in [-0.2, 0) is 0 Å². The third-order valence-corrected chi connectivity index (χ3v) is 3.12. The van der Waals surface area contributed by atoms with E-state index in [1.807, 2.05) is 0 Å². The van der Waals surface area contributed by atoms with Gasteiger partial charge in [-0.1, -0.05) is 60.1 Å². The van der Waals surface area contributed by atoms with Gasteiger partial charge in [-0.3, -0.25) is 0 Å². The average molecular weight is 312 g/mol. The fourth-order valence-corrected chi connectivity index (χ4v) is 2.26. The van der Waals surface area contributed by atoms with Crippen molar-refractivity contribution < 1.29 is 17.0 Å². The molecule has 1 saturated heterocycles. The van der Waals surface area contributed by atoms with Crippen molar-refractivity contribution in [2.24, 2.45) is 0 Å². The van der Waals surface area contributed by atoms with E-state index in [1.165, 1.54) is 17.3 Å². The van der Waals surface area contributed by atoms with Gasteiger partial charge in [0.15, 0.2) is 0 Å². The van der Waals surface area contributed by atoms with E-state index in [-0.39, 0.29) is 40.0 Å². The summed E-state index contributed by atoms with van der Waals surface area (Å²) in [6, 6.07) is 23.1. The molecule has 1 fully saturated rings. The minimum absolute atomic E-state index is 0. The van der Waals surface area contributed by atoms with Crippen molar-refractivity contribution in [3.05, 3.63) is 72.3 Å². The smallest absolute Gasteiger partial charge is 1.00 e. The van der Waals surface area contributed by atoms with Gasteiger partial charge < -0.3 is 21.9 Å². The molecule has 3 rings (SSSR count). The molecule has 0 bridgehead atoms. The molecule has 0 unspecified atom stereocenters. The summed E-state index contributed by atoms with van der Waals surface area (Å²) in [6.45, 7) is 2.20. The monoisotopic (exact) mass is 311 g/mol. The molecule has 0 aliphatic carbocycles. The van der Waals surface area contributed by atoms with E-state index in [1.54, 1.807) is 0 Å². The molecule has 1 atom stereocenters. The summed E-state index contributed by atoms with van der Waals surface area (Å²) in [5, 5.41) is 0. The molecule has 3 heteroatoms. The standard InChI is InChI=1S/C15H14N.BrH.Mg/c1-12-15(13-8-4-2-5-9-13)16(12)14-10-6-3-7-11-14;;/h2-11,15H,1H3;1H;/q-1;;+2/p-1/t15-,16?;;/m0../s1. The molecule has 1 aliphatic heterocycles. The minimum Gasteiger partial charge on any atom is -1.00 e. The molecule has 88 valence electrons. The first-order valence-corrected chi connectivity index (χ1v) is 5.60. The summed E-state index contributed by atoms with van der Waals surface area (Å²) in [4.78, 5) is 2.37. The normalized spacial score (nSPS) is 17.6. The van der Waals surface area contributed by atoms with Crippen LogP contribution in [0.3, 0.4) is 0 Å². The van der Waals surface area contributed by atoms with Crippen molar-refractivity contribution >= 4 is 28.7 Å². The Morgan fingerprint density at radius 2 is 1.39 bits per heavy atom. The first kappa shape index (κ1) is 15.5. The van der Waals surface area contributed by atoms with Gasteiger partial charge in [-0.2, -0.15) is 6.92 Å². The van der Waals surface area contributed by atoms with Gasteiger partial charge in [0, 0.05) is 5.69 Å². The Morgan fingerprint density at radius 1 is 0.889 bits per heavy atom. The topological polar surface area (TPSA) is 3.01 Å². The summed E-state index contributed by atoms with van der Waals surface area (Å²) < 4.78 is 0.